The molecule has 1 fully saturated rings. The number of carbonyl (C=O) groups excluding carboxylic acids is 1. The highest BCUT2D eigenvalue weighted by molar-refractivity contribution is 5.93. The zero-order valence-corrected chi connectivity index (χ0v) is 14.9. The van der Waals surface area contributed by atoms with E-state index in [0.29, 0.717) is 18.0 Å². The first-order chi connectivity index (χ1) is 12.0. The van der Waals surface area contributed by atoms with Gasteiger partial charge in [-0.15, -0.1) is 0 Å². The Morgan fingerprint density at radius 3 is 2.80 bits per heavy atom. The van der Waals surface area contributed by atoms with Crippen molar-refractivity contribution in [1.82, 2.24) is 9.80 Å². The third-order valence-electron chi connectivity index (χ3n) is 4.43. The lowest BCUT2D eigenvalue weighted by molar-refractivity contribution is -0.144. The fourth-order valence-corrected chi connectivity index (χ4v) is 2.96. The second-order valence-electron chi connectivity index (χ2n) is 6.48. The van der Waals surface area contributed by atoms with Crippen LogP contribution in [0.3, 0.4) is 0 Å². The molecule has 0 bridgehead atoms. The highest BCUT2D eigenvalue weighted by Gasteiger charge is 2.25. The van der Waals surface area contributed by atoms with E-state index in [-0.39, 0.29) is 12.3 Å². The SMILES string of the molecule is COc1cccc(NC(=O)C[C@H](CN2CCCN(C)CC2)C(=O)O)c1. The number of anilines is 1. The predicted octanol–water partition coefficient (Wildman–Crippen LogP) is 1.36. The first-order valence-corrected chi connectivity index (χ1v) is 8.55. The quantitative estimate of drug-likeness (QED) is 0.774. The Hall–Kier alpha value is -2.12. The van der Waals surface area contributed by atoms with Crippen LogP contribution in [0.15, 0.2) is 24.3 Å². The van der Waals surface area contributed by atoms with Crippen molar-refractivity contribution < 1.29 is 19.4 Å². The van der Waals surface area contributed by atoms with Gasteiger partial charge in [-0.2, -0.15) is 0 Å². The summed E-state index contributed by atoms with van der Waals surface area (Å²) in [6.07, 6.45) is 0.970. The molecule has 0 unspecified atom stereocenters. The second-order valence-corrected chi connectivity index (χ2v) is 6.48. The van der Waals surface area contributed by atoms with Gasteiger partial charge in [0.2, 0.25) is 5.91 Å². The highest BCUT2D eigenvalue weighted by atomic mass is 16.5. The number of benzene rings is 1. The van der Waals surface area contributed by atoms with E-state index < -0.39 is 11.9 Å². The van der Waals surface area contributed by atoms with Crippen LogP contribution in [-0.2, 0) is 9.59 Å². The van der Waals surface area contributed by atoms with E-state index in [1.165, 1.54) is 0 Å². The summed E-state index contributed by atoms with van der Waals surface area (Å²) in [6.45, 7) is 4.03. The van der Waals surface area contributed by atoms with Gasteiger partial charge < -0.3 is 25.0 Å². The van der Waals surface area contributed by atoms with Gasteiger partial charge in [-0.3, -0.25) is 9.59 Å². The first-order valence-electron chi connectivity index (χ1n) is 8.55. The Morgan fingerprint density at radius 1 is 1.28 bits per heavy atom. The van der Waals surface area contributed by atoms with E-state index in [4.69, 9.17) is 4.74 Å². The molecule has 1 atom stereocenters. The summed E-state index contributed by atoms with van der Waals surface area (Å²) < 4.78 is 5.12. The number of hydrogen-bond acceptors (Lipinski definition) is 5. The Kier molecular flexibility index (Phi) is 7.21. The van der Waals surface area contributed by atoms with Gasteiger partial charge in [0.1, 0.15) is 5.75 Å². The summed E-state index contributed by atoms with van der Waals surface area (Å²) in [5.41, 5.74) is 0.602. The van der Waals surface area contributed by atoms with Gasteiger partial charge >= 0.3 is 5.97 Å². The standard InChI is InChI=1S/C18H27N3O4/c1-20-7-4-8-21(10-9-20)13-14(18(23)24)11-17(22)19-15-5-3-6-16(12-15)25-2/h3,5-6,12,14H,4,7-11,13H2,1-2H3,(H,19,22)(H,23,24)/t14-/m1/s1. The molecular formula is C18H27N3O4. The van der Waals surface area contributed by atoms with E-state index in [0.717, 1.165) is 32.6 Å². The topological polar surface area (TPSA) is 82.1 Å². The molecule has 0 radical (unpaired) electrons. The summed E-state index contributed by atoms with van der Waals surface area (Å²) in [7, 11) is 3.62. The highest BCUT2D eigenvalue weighted by Crippen LogP contribution is 2.18. The van der Waals surface area contributed by atoms with Crippen molar-refractivity contribution in [3.63, 3.8) is 0 Å². The zero-order valence-electron chi connectivity index (χ0n) is 14.9. The second kappa shape index (κ2) is 9.39. The molecule has 25 heavy (non-hydrogen) atoms. The Bertz CT molecular complexity index is 593. The van der Waals surface area contributed by atoms with Crippen LogP contribution in [0.4, 0.5) is 5.69 Å². The van der Waals surface area contributed by atoms with Crippen molar-refractivity contribution in [2.45, 2.75) is 12.8 Å². The Morgan fingerprint density at radius 2 is 2.08 bits per heavy atom. The van der Waals surface area contributed by atoms with Crippen molar-refractivity contribution in [3.05, 3.63) is 24.3 Å². The van der Waals surface area contributed by atoms with Gasteiger partial charge in [0.15, 0.2) is 0 Å². The average Bonchev–Trinajstić information content (AvgIpc) is 2.78. The summed E-state index contributed by atoms with van der Waals surface area (Å²) >= 11 is 0. The summed E-state index contributed by atoms with van der Waals surface area (Å²) in [5, 5.41) is 12.2. The Balaban J connectivity index is 1.91. The maximum Gasteiger partial charge on any atom is 0.308 e. The van der Waals surface area contributed by atoms with Gasteiger partial charge in [-0.25, -0.2) is 0 Å². The number of carboxylic acid groups (broad SMARTS) is 1. The van der Waals surface area contributed by atoms with E-state index in [2.05, 4.69) is 22.2 Å². The Labute approximate surface area is 148 Å². The number of nitrogens with zero attached hydrogens (tertiary/aromatic N) is 2. The van der Waals surface area contributed by atoms with Crippen molar-refractivity contribution in [2.75, 3.05) is 52.2 Å². The number of methoxy groups -OCH3 is 1. The van der Waals surface area contributed by atoms with Crippen LogP contribution in [0.25, 0.3) is 0 Å². The lowest BCUT2D eigenvalue weighted by Crippen LogP contribution is -2.37. The minimum Gasteiger partial charge on any atom is -0.497 e. The molecule has 0 spiro atoms. The molecule has 1 aliphatic heterocycles. The number of rotatable bonds is 7. The molecule has 2 rings (SSSR count). The molecule has 1 saturated heterocycles. The van der Waals surface area contributed by atoms with Crippen LogP contribution >= 0.6 is 0 Å². The van der Waals surface area contributed by atoms with Crippen LogP contribution in [-0.4, -0.2) is 73.7 Å². The van der Waals surface area contributed by atoms with E-state index >= 15 is 0 Å². The molecule has 2 N–H and O–H groups in total. The summed E-state index contributed by atoms with van der Waals surface area (Å²) in [4.78, 5) is 28.2. The van der Waals surface area contributed by atoms with E-state index in [1.807, 2.05) is 0 Å². The molecule has 7 nitrogen and oxygen atoms in total. The lowest BCUT2D eigenvalue weighted by Gasteiger charge is -2.23. The molecule has 1 aromatic rings. The minimum atomic E-state index is -0.932. The monoisotopic (exact) mass is 349 g/mol. The van der Waals surface area contributed by atoms with Gasteiger partial charge in [0.05, 0.1) is 13.0 Å². The molecule has 1 aromatic carbocycles. The van der Waals surface area contributed by atoms with Crippen LogP contribution in [0.2, 0.25) is 0 Å². The summed E-state index contributed by atoms with van der Waals surface area (Å²) in [6, 6.07) is 7.02. The number of likely N-dealkylation sites (N-methyl/N-ethyl adjacent to an activating group) is 1. The average molecular weight is 349 g/mol. The van der Waals surface area contributed by atoms with Crippen molar-refractivity contribution in [1.29, 1.82) is 0 Å². The van der Waals surface area contributed by atoms with Crippen molar-refractivity contribution in [2.24, 2.45) is 5.92 Å². The molecule has 0 saturated carbocycles. The van der Waals surface area contributed by atoms with Gasteiger partial charge in [0, 0.05) is 37.8 Å². The van der Waals surface area contributed by atoms with E-state index in [1.54, 1.807) is 31.4 Å². The third kappa shape index (κ3) is 6.36. The number of ether oxygens (including phenoxy) is 1. The number of carbonyl (C=O) groups is 2. The summed E-state index contributed by atoms with van der Waals surface area (Å²) in [5.74, 6) is -1.30. The van der Waals surface area contributed by atoms with Crippen LogP contribution in [0.5, 0.6) is 5.75 Å². The molecule has 0 aromatic heterocycles. The molecule has 7 heteroatoms. The normalized spacial score (nSPS) is 17.5. The number of carboxylic acids is 1. The maximum atomic E-state index is 12.2. The van der Waals surface area contributed by atoms with Crippen molar-refractivity contribution in [3.8, 4) is 5.75 Å². The smallest absolute Gasteiger partial charge is 0.308 e. The fraction of sp³-hybridized carbons (Fsp3) is 0.556. The van der Waals surface area contributed by atoms with Gasteiger partial charge in [0.25, 0.3) is 0 Å². The third-order valence-corrected chi connectivity index (χ3v) is 4.43. The lowest BCUT2D eigenvalue weighted by atomic mass is 10.0. The molecule has 1 heterocycles. The predicted molar refractivity (Wildman–Crippen MR) is 95.9 cm³/mol. The van der Waals surface area contributed by atoms with E-state index in [9.17, 15) is 14.7 Å². The molecule has 138 valence electrons. The maximum absolute atomic E-state index is 12.2. The largest absolute Gasteiger partial charge is 0.497 e. The molecule has 1 amide bonds. The zero-order chi connectivity index (χ0) is 18.2. The van der Waals surface area contributed by atoms with Crippen LogP contribution < -0.4 is 10.1 Å². The number of nitrogens with one attached hydrogen (secondary N) is 1. The van der Waals surface area contributed by atoms with Crippen LogP contribution in [0.1, 0.15) is 12.8 Å². The fourth-order valence-electron chi connectivity index (χ4n) is 2.96. The molecular weight excluding hydrogens is 322 g/mol. The minimum absolute atomic E-state index is 0.0428. The molecule has 1 aliphatic rings. The number of amides is 1. The van der Waals surface area contributed by atoms with Gasteiger partial charge in [-0.1, -0.05) is 6.07 Å². The van der Waals surface area contributed by atoms with Crippen molar-refractivity contribution >= 4 is 17.6 Å². The van der Waals surface area contributed by atoms with Crippen LogP contribution in [0, 0.1) is 5.92 Å². The number of hydrogen-bond donors (Lipinski definition) is 2. The number of aliphatic carboxylic acids is 1. The van der Waals surface area contributed by atoms with Gasteiger partial charge in [-0.05, 0) is 38.7 Å². The molecule has 0 aliphatic carbocycles. The first kappa shape index (κ1) is 19.2.